The van der Waals surface area contributed by atoms with E-state index in [0.717, 1.165) is 94.8 Å². The molecule has 6 heterocycles. The first kappa shape index (κ1) is 51.2. The largest absolute Gasteiger partial charge is 0.488 e. The third-order valence-corrected chi connectivity index (χ3v) is 10.9. The average molecular weight is 949 g/mol. The van der Waals surface area contributed by atoms with Crippen LogP contribution in [-0.4, -0.2) is 122 Å². The highest BCUT2D eigenvalue weighted by Gasteiger charge is 2.23. The highest BCUT2D eigenvalue weighted by Crippen LogP contribution is 2.32. The number of alkyl carbamates (subject to hydrolysis) is 2. The maximum atomic E-state index is 11.9. The minimum Gasteiger partial charge on any atom is -0.444 e. The number of piperazine rings is 2. The summed E-state index contributed by atoms with van der Waals surface area (Å²) in [6, 6.07) is 19.3. The van der Waals surface area contributed by atoms with Gasteiger partial charge in [0, 0.05) is 116 Å². The Morgan fingerprint density at radius 2 is 1.13 bits per heavy atom. The van der Waals surface area contributed by atoms with Gasteiger partial charge < -0.3 is 50.6 Å². The van der Waals surface area contributed by atoms with Crippen LogP contribution in [0.3, 0.4) is 0 Å². The molecule has 4 aromatic heterocycles. The zero-order valence-electron chi connectivity index (χ0n) is 40.0. The van der Waals surface area contributed by atoms with Gasteiger partial charge in [0.25, 0.3) is 0 Å². The third kappa shape index (κ3) is 14.9. The van der Waals surface area contributed by atoms with Crippen molar-refractivity contribution < 1.29 is 29.1 Å². The van der Waals surface area contributed by atoms with Crippen molar-refractivity contribution in [3.63, 3.8) is 0 Å². The molecule has 20 heteroatoms. The van der Waals surface area contributed by atoms with Crippen LogP contribution >= 0.6 is 11.6 Å². The number of amides is 2. The summed E-state index contributed by atoms with van der Waals surface area (Å²) >= 11 is 6.06. The maximum absolute atomic E-state index is 11.9. The second kappa shape index (κ2) is 23.2. The van der Waals surface area contributed by atoms with Gasteiger partial charge in [0.15, 0.2) is 16.8 Å². The Kier molecular flexibility index (Phi) is 17.4. The Bertz CT molecular complexity index is 2620. The third-order valence-electron chi connectivity index (χ3n) is 10.6. The topological polar surface area (TPSA) is 225 Å². The second-order valence-electron chi connectivity index (χ2n) is 18.7. The van der Waals surface area contributed by atoms with Crippen LogP contribution in [0, 0.1) is 0 Å². The predicted octanol–water partition coefficient (Wildman–Crippen LogP) is 5.38. The zero-order valence-corrected chi connectivity index (χ0v) is 40.7. The standard InChI is InChI=1S/C24H30N6O2.C12H18BNO4.C12H14ClN5/c1-16-15-30(12-11-26-16)22-20-14-25-10-9-19(20)21(28-29-22)18-7-5-17(6-8-18)13-27-23(31)32-24(2,3)4;1-12(2,3)18-11(15)14-8-9-4-6-10(7-5-9)13(16)17;1-8-7-18(5-4-15-8)12-10-6-14-3-2-9(10)11(13)16-17-12/h5-10,14,16,26H,11-13,15H2,1-4H3,(H,27,31);4-7,16-17H,8H2,1-3H3,(H,14,15);2-3,6,8,15H,4-5,7H2,1H3/t16-;;8-/m0.0/s1. The van der Waals surface area contributed by atoms with Gasteiger partial charge in [-0.2, -0.15) is 0 Å². The first-order valence-electron chi connectivity index (χ1n) is 22.6. The quantitative estimate of drug-likeness (QED) is 0.105. The molecule has 2 aromatic carbocycles. The lowest BCUT2D eigenvalue weighted by Gasteiger charge is -2.33. The lowest BCUT2D eigenvalue weighted by molar-refractivity contribution is 0.0512. The molecule has 2 aliphatic heterocycles. The number of hydrogen-bond donors (Lipinski definition) is 6. The summed E-state index contributed by atoms with van der Waals surface area (Å²) in [5, 5.41) is 51.9. The Balaban J connectivity index is 0.000000181. The van der Waals surface area contributed by atoms with Gasteiger partial charge >= 0.3 is 19.3 Å². The van der Waals surface area contributed by atoms with E-state index in [1.165, 1.54) is 0 Å². The molecule has 8 rings (SSSR count). The van der Waals surface area contributed by atoms with Gasteiger partial charge in [-0.1, -0.05) is 60.1 Å². The van der Waals surface area contributed by atoms with Gasteiger partial charge in [0.2, 0.25) is 0 Å². The SMILES string of the molecule is CC(C)(C)OC(=O)NCc1ccc(B(O)O)cc1.C[C@H]1CN(c2nnc(-c3ccc(CNC(=O)OC(C)(C)C)cc3)c3ccncc23)CCN1.C[C@H]1CN(c2nnc(Cl)c3ccncc23)CCN1. The van der Waals surface area contributed by atoms with E-state index < -0.39 is 30.5 Å². The molecule has 2 amide bonds. The molecule has 0 aliphatic carbocycles. The second-order valence-corrected chi connectivity index (χ2v) is 19.0. The Morgan fingerprint density at radius 3 is 1.60 bits per heavy atom. The highest BCUT2D eigenvalue weighted by atomic mass is 35.5. The fourth-order valence-corrected chi connectivity index (χ4v) is 7.63. The molecule has 2 fully saturated rings. The molecule has 2 atom stereocenters. The summed E-state index contributed by atoms with van der Waals surface area (Å²) in [5.74, 6) is 1.75. The number of nitrogens with zero attached hydrogens (tertiary/aromatic N) is 8. The fourth-order valence-electron chi connectivity index (χ4n) is 7.43. The highest BCUT2D eigenvalue weighted by molar-refractivity contribution is 6.58. The molecule has 6 aromatic rings. The molecular formula is C48H62BClN12O6. The van der Waals surface area contributed by atoms with Crippen LogP contribution in [0.1, 0.15) is 66.5 Å². The molecule has 0 saturated carbocycles. The molecule has 2 saturated heterocycles. The summed E-state index contributed by atoms with van der Waals surface area (Å²) in [5.41, 5.74) is 2.99. The van der Waals surface area contributed by atoms with E-state index in [1.807, 2.05) is 63.4 Å². The number of aromatic nitrogens is 6. The van der Waals surface area contributed by atoms with Crippen molar-refractivity contribution in [3.05, 3.63) is 102 Å². The smallest absolute Gasteiger partial charge is 0.444 e. The minimum atomic E-state index is -1.47. The molecule has 0 bridgehead atoms. The van der Waals surface area contributed by atoms with Gasteiger partial charge in [0.1, 0.15) is 16.9 Å². The van der Waals surface area contributed by atoms with Crippen LogP contribution in [0.2, 0.25) is 5.15 Å². The van der Waals surface area contributed by atoms with Crippen molar-refractivity contribution in [2.24, 2.45) is 0 Å². The van der Waals surface area contributed by atoms with Crippen molar-refractivity contribution >= 4 is 69.5 Å². The number of hydrogen-bond acceptors (Lipinski definition) is 16. The van der Waals surface area contributed by atoms with E-state index in [1.54, 1.807) is 63.6 Å². The molecule has 6 N–H and O–H groups in total. The Morgan fingerprint density at radius 1 is 0.676 bits per heavy atom. The number of benzene rings is 2. The van der Waals surface area contributed by atoms with E-state index in [4.69, 9.17) is 31.1 Å². The Hall–Kier alpha value is -6.25. The molecule has 18 nitrogen and oxygen atoms in total. The monoisotopic (exact) mass is 948 g/mol. The molecule has 0 radical (unpaired) electrons. The number of carbonyl (C=O) groups is 2. The lowest BCUT2D eigenvalue weighted by Crippen LogP contribution is -2.49. The summed E-state index contributed by atoms with van der Waals surface area (Å²) < 4.78 is 10.4. The number of carbonyl (C=O) groups excluding carboxylic acids is 2. The van der Waals surface area contributed by atoms with Crippen molar-refractivity contribution in [1.82, 2.24) is 51.6 Å². The van der Waals surface area contributed by atoms with E-state index in [9.17, 15) is 9.59 Å². The van der Waals surface area contributed by atoms with Crippen LogP contribution in [0.4, 0.5) is 21.2 Å². The summed E-state index contributed by atoms with van der Waals surface area (Å²) in [7, 11) is -1.47. The van der Waals surface area contributed by atoms with Crippen molar-refractivity contribution in [1.29, 1.82) is 0 Å². The number of anilines is 2. The van der Waals surface area contributed by atoms with Crippen molar-refractivity contribution in [3.8, 4) is 11.3 Å². The molecule has 68 heavy (non-hydrogen) atoms. The van der Waals surface area contributed by atoms with Gasteiger partial charge in [-0.25, -0.2) is 9.59 Å². The fraction of sp³-hybridized carbons (Fsp3) is 0.417. The molecule has 360 valence electrons. The normalized spacial score (nSPS) is 16.2. The van der Waals surface area contributed by atoms with Gasteiger partial charge in [-0.15, -0.1) is 20.4 Å². The van der Waals surface area contributed by atoms with Gasteiger partial charge in [-0.3, -0.25) is 9.97 Å². The van der Waals surface area contributed by atoms with Crippen LogP contribution in [0.25, 0.3) is 32.8 Å². The van der Waals surface area contributed by atoms with Gasteiger partial charge in [0.05, 0.1) is 0 Å². The van der Waals surface area contributed by atoms with Crippen LogP contribution in [0.5, 0.6) is 0 Å². The number of rotatable bonds is 8. The predicted molar refractivity (Wildman–Crippen MR) is 267 cm³/mol. The van der Waals surface area contributed by atoms with E-state index in [-0.39, 0.29) is 0 Å². The number of halogens is 1. The van der Waals surface area contributed by atoms with Crippen LogP contribution in [0.15, 0.2) is 85.5 Å². The molecule has 0 unspecified atom stereocenters. The number of ether oxygens (including phenoxy) is 2. The maximum Gasteiger partial charge on any atom is 0.488 e. The molecule has 0 spiro atoms. The van der Waals surface area contributed by atoms with Crippen molar-refractivity contribution in [2.75, 3.05) is 49.1 Å². The van der Waals surface area contributed by atoms with E-state index in [2.05, 4.69) is 75.3 Å². The summed E-state index contributed by atoms with van der Waals surface area (Å²) in [4.78, 5) is 36.3. The minimum absolute atomic E-state index is 0.330. The Labute approximate surface area is 402 Å². The lowest BCUT2D eigenvalue weighted by atomic mass is 9.80. The number of pyridine rings is 2. The summed E-state index contributed by atoms with van der Waals surface area (Å²) in [6.45, 7) is 21.5. The van der Waals surface area contributed by atoms with Crippen molar-refractivity contribution in [2.45, 2.75) is 91.8 Å². The first-order chi connectivity index (χ1) is 32.3. The molecular weight excluding hydrogens is 887 g/mol. The summed E-state index contributed by atoms with van der Waals surface area (Å²) in [6.07, 6.45) is 6.28. The van der Waals surface area contributed by atoms with E-state index >= 15 is 0 Å². The average Bonchev–Trinajstić information content (AvgIpc) is 3.30. The number of nitrogens with one attached hydrogen (secondary N) is 4. The molecule has 2 aliphatic rings. The zero-order chi connectivity index (χ0) is 49.0. The number of fused-ring (bicyclic) bond motifs is 2. The first-order valence-corrected chi connectivity index (χ1v) is 23.0. The van der Waals surface area contributed by atoms with Crippen LogP contribution in [-0.2, 0) is 22.6 Å². The van der Waals surface area contributed by atoms with E-state index in [0.29, 0.717) is 35.8 Å². The van der Waals surface area contributed by atoms with Crippen LogP contribution < -0.4 is 36.5 Å². The van der Waals surface area contributed by atoms with Gasteiger partial charge in [-0.05, 0) is 84.1 Å².